The quantitative estimate of drug-likeness (QED) is 0.261. The number of aromatic nitrogens is 2. The van der Waals surface area contributed by atoms with Crippen LogP contribution in [0.5, 0.6) is 0 Å². The molecule has 5 heteroatoms. The first-order chi connectivity index (χ1) is 17.6. The second-order valence-electron chi connectivity index (χ2n) is 8.98. The molecule has 0 radical (unpaired) electrons. The number of carbonyl (C=O) groups is 1. The van der Waals surface area contributed by atoms with E-state index in [1.54, 1.807) is 11.3 Å². The van der Waals surface area contributed by atoms with Crippen LogP contribution >= 0.6 is 11.3 Å². The van der Waals surface area contributed by atoms with Crippen LogP contribution in [-0.4, -0.2) is 15.3 Å². The maximum atomic E-state index is 12.8. The highest BCUT2D eigenvalue weighted by Crippen LogP contribution is 2.35. The molecule has 3 heterocycles. The van der Waals surface area contributed by atoms with Crippen molar-refractivity contribution in [1.82, 2.24) is 9.38 Å². The number of hydrogen-bond donors (Lipinski definition) is 1. The highest BCUT2D eigenvalue weighted by Gasteiger charge is 2.17. The summed E-state index contributed by atoms with van der Waals surface area (Å²) in [6.07, 6.45) is 3.11. The second-order valence-corrected chi connectivity index (χ2v) is 10.1. The van der Waals surface area contributed by atoms with Crippen LogP contribution in [0.3, 0.4) is 0 Å². The summed E-state index contributed by atoms with van der Waals surface area (Å²) in [6.45, 7) is 2.08. The fourth-order valence-electron chi connectivity index (χ4n) is 4.52. The summed E-state index contributed by atoms with van der Waals surface area (Å²) in [4.78, 5) is 19.0. The number of thiophene rings is 1. The first-order valence-electron chi connectivity index (χ1n) is 12.1. The van der Waals surface area contributed by atoms with Crippen LogP contribution in [0.4, 0.5) is 5.69 Å². The van der Waals surface area contributed by atoms with Gasteiger partial charge in [-0.1, -0.05) is 66.2 Å². The van der Waals surface area contributed by atoms with Crippen molar-refractivity contribution in [2.75, 3.05) is 5.32 Å². The van der Waals surface area contributed by atoms with E-state index in [0.717, 1.165) is 33.8 Å². The first-order valence-corrected chi connectivity index (χ1v) is 12.9. The van der Waals surface area contributed by atoms with Gasteiger partial charge in [0, 0.05) is 39.0 Å². The van der Waals surface area contributed by atoms with Crippen LogP contribution in [0.2, 0.25) is 0 Å². The second kappa shape index (κ2) is 9.44. The summed E-state index contributed by atoms with van der Waals surface area (Å²) in [5.74, 6) is -0.00772. The van der Waals surface area contributed by atoms with Crippen LogP contribution < -0.4 is 5.32 Å². The number of para-hydroxylation sites is 1. The molecular weight excluding hydrogens is 462 g/mol. The van der Waals surface area contributed by atoms with Crippen LogP contribution in [0.1, 0.15) is 17.7 Å². The van der Waals surface area contributed by atoms with Crippen LogP contribution in [0.25, 0.3) is 37.4 Å². The van der Waals surface area contributed by atoms with E-state index in [9.17, 15) is 4.79 Å². The van der Waals surface area contributed by atoms with E-state index < -0.39 is 0 Å². The SMILES string of the molecule is Cc1ccc(-c2nc3ccc(-c4cc5ccccc5s4)cn3c2CCC(=O)Nc2ccccc2)cc1. The Morgan fingerprint density at radius 2 is 1.64 bits per heavy atom. The Morgan fingerprint density at radius 3 is 2.44 bits per heavy atom. The molecule has 0 saturated carbocycles. The molecule has 0 aliphatic rings. The molecule has 176 valence electrons. The lowest BCUT2D eigenvalue weighted by molar-refractivity contribution is -0.116. The Labute approximate surface area is 213 Å². The smallest absolute Gasteiger partial charge is 0.224 e. The topological polar surface area (TPSA) is 46.4 Å². The molecule has 3 aromatic heterocycles. The first kappa shape index (κ1) is 22.3. The molecule has 6 rings (SSSR count). The lowest BCUT2D eigenvalue weighted by Crippen LogP contribution is -2.13. The van der Waals surface area contributed by atoms with Crippen molar-refractivity contribution in [3.8, 4) is 21.7 Å². The maximum absolute atomic E-state index is 12.8. The number of amides is 1. The molecule has 4 nitrogen and oxygen atoms in total. The summed E-state index contributed by atoms with van der Waals surface area (Å²) in [6, 6.07) is 32.9. The minimum absolute atomic E-state index is 0.00772. The number of nitrogens with one attached hydrogen (secondary N) is 1. The predicted octanol–water partition coefficient (Wildman–Crippen LogP) is 7.76. The summed E-state index contributed by atoms with van der Waals surface area (Å²) >= 11 is 1.79. The van der Waals surface area contributed by atoms with E-state index in [-0.39, 0.29) is 5.91 Å². The number of pyridine rings is 1. The van der Waals surface area contributed by atoms with Gasteiger partial charge in [0.15, 0.2) is 0 Å². The van der Waals surface area contributed by atoms with E-state index in [1.165, 1.54) is 20.5 Å². The molecule has 0 fully saturated rings. The molecule has 0 aliphatic heterocycles. The van der Waals surface area contributed by atoms with Gasteiger partial charge in [-0.2, -0.15) is 0 Å². The van der Waals surface area contributed by atoms with Crippen LogP contribution in [0, 0.1) is 6.92 Å². The molecule has 0 aliphatic carbocycles. The number of aryl methyl sites for hydroxylation is 2. The number of hydrogen-bond acceptors (Lipinski definition) is 3. The zero-order valence-corrected chi connectivity index (χ0v) is 20.8. The fourth-order valence-corrected chi connectivity index (χ4v) is 5.57. The summed E-state index contributed by atoms with van der Waals surface area (Å²) in [5, 5.41) is 4.26. The molecule has 0 saturated heterocycles. The highest BCUT2D eigenvalue weighted by atomic mass is 32.1. The number of imidazole rings is 1. The largest absolute Gasteiger partial charge is 0.326 e. The van der Waals surface area contributed by atoms with Crippen molar-refractivity contribution in [3.05, 3.63) is 115 Å². The van der Waals surface area contributed by atoms with E-state index in [4.69, 9.17) is 4.98 Å². The van der Waals surface area contributed by atoms with Gasteiger partial charge in [0.25, 0.3) is 0 Å². The Morgan fingerprint density at radius 1 is 0.889 bits per heavy atom. The van der Waals surface area contributed by atoms with Crippen LogP contribution in [-0.2, 0) is 11.2 Å². The van der Waals surface area contributed by atoms with Gasteiger partial charge in [0.1, 0.15) is 5.65 Å². The minimum Gasteiger partial charge on any atom is -0.326 e. The van der Waals surface area contributed by atoms with Gasteiger partial charge in [-0.25, -0.2) is 4.98 Å². The zero-order chi connectivity index (χ0) is 24.5. The number of rotatable bonds is 6. The van der Waals surface area contributed by atoms with E-state index in [2.05, 4.69) is 89.6 Å². The molecule has 0 bridgehead atoms. The Hall–Kier alpha value is -4.22. The zero-order valence-electron chi connectivity index (χ0n) is 19.9. The van der Waals surface area contributed by atoms with E-state index >= 15 is 0 Å². The van der Waals surface area contributed by atoms with Gasteiger partial charge in [-0.05, 0) is 55.1 Å². The number of fused-ring (bicyclic) bond motifs is 2. The van der Waals surface area contributed by atoms with Gasteiger partial charge in [0.2, 0.25) is 5.91 Å². The lowest BCUT2D eigenvalue weighted by Gasteiger charge is -2.08. The summed E-state index contributed by atoms with van der Waals surface area (Å²) < 4.78 is 3.43. The molecule has 3 aromatic carbocycles. The molecule has 6 aromatic rings. The third-order valence-electron chi connectivity index (χ3n) is 6.40. The van der Waals surface area contributed by atoms with Gasteiger partial charge in [-0.15, -0.1) is 11.3 Å². The maximum Gasteiger partial charge on any atom is 0.224 e. The molecule has 0 atom stereocenters. The van der Waals surface area contributed by atoms with Crippen molar-refractivity contribution >= 4 is 38.7 Å². The average molecular weight is 488 g/mol. The van der Waals surface area contributed by atoms with Gasteiger partial charge in [0.05, 0.1) is 11.4 Å². The molecule has 36 heavy (non-hydrogen) atoms. The Bertz CT molecular complexity index is 1650. The number of carbonyl (C=O) groups excluding carboxylic acids is 1. The van der Waals surface area contributed by atoms with Crippen molar-refractivity contribution < 1.29 is 4.79 Å². The molecule has 0 spiro atoms. The van der Waals surface area contributed by atoms with Gasteiger partial charge < -0.3 is 9.72 Å². The number of benzene rings is 3. The monoisotopic (exact) mass is 487 g/mol. The van der Waals surface area contributed by atoms with E-state index in [0.29, 0.717) is 12.8 Å². The van der Waals surface area contributed by atoms with Gasteiger partial charge in [-0.3, -0.25) is 4.79 Å². The minimum atomic E-state index is -0.00772. The highest BCUT2D eigenvalue weighted by molar-refractivity contribution is 7.22. The molecule has 1 amide bonds. The normalized spacial score (nSPS) is 11.2. The summed E-state index contributed by atoms with van der Waals surface area (Å²) in [7, 11) is 0. The van der Waals surface area contributed by atoms with Crippen molar-refractivity contribution in [1.29, 1.82) is 0 Å². The average Bonchev–Trinajstić information content (AvgIpc) is 3.50. The molecule has 0 unspecified atom stereocenters. The molecule has 1 N–H and O–H groups in total. The lowest BCUT2D eigenvalue weighted by atomic mass is 10.1. The van der Waals surface area contributed by atoms with Crippen molar-refractivity contribution in [2.45, 2.75) is 19.8 Å². The Balaban J connectivity index is 1.39. The molecular formula is C31H25N3OS. The van der Waals surface area contributed by atoms with Crippen molar-refractivity contribution in [2.24, 2.45) is 0 Å². The van der Waals surface area contributed by atoms with Gasteiger partial charge >= 0.3 is 0 Å². The standard InChI is InChI=1S/C31H25N3OS/c1-21-11-13-22(14-12-21)31-26(16-18-30(35)32-25-8-3-2-4-9-25)34-20-24(15-17-29(34)33-31)28-19-23-7-5-6-10-27(23)36-28/h2-15,17,19-20H,16,18H2,1H3,(H,32,35). The fraction of sp³-hybridized carbons (Fsp3) is 0.0968. The predicted molar refractivity (Wildman–Crippen MR) is 150 cm³/mol. The van der Waals surface area contributed by atoms with Crippen molar-refractivity contribution in [3.63, 3.8) is 0 Å². The third-order valence-corrected chi connectivity index (χ3v) is 7.56. The number of nitrogens with zero attached hydrogens (tertiary/aromatic N) is 2. The van der Waals surface area contributed by atoms with Crippen LogP contribution in [0.15, 0.2) is 103 Å². The third kappa shape index (κ3) is 4.41. The number of anilines is 1. The Kier molecular flexibility index (Phi) is 5.84. The van der Waals surface area contributed by atoms with E-state index in [1.807, 2.05) is 30.3 Å². The summed E-state index contributed by atoms with van der Waals surface area (Å²) in [5.41, 5.74) is 7.08.